The van der Waals surface area contributed by atoms with Crippen LogP contribution < -0.4 is 0 Å². The molecule has 0 spiro atoms. The van der Waals surface area contributed by atoms with Crippen molar-refractivity contribution < 1.29 is 9.84 Å². The van der Waals surface area contributed by atoms with Crippen LogP contribution in [0.5, 0.6) is 0 Å². The minimum atomic E-state index is -0.572. The molecule has 2 rings (SSSR count). The highest BCUT2D eigenvalue weighted by atomic mass is 16.5. The van der Waals surface area contributed by atoms with E-state index in [2.05, 4.69) is 19.9 Å². The Balaban J connectivity index is 2.13. The van der Waals surface area contributed by atoms with E-state index >= 15 is 0 Å². The van der Waals surface area contributed by atoms with Crippen molar-refractivity contribution in [2.75, 3.05) is 0 Å². The summed E-state index contributed by atoms with van der Waals surface area (Å²) < 4.78 is 5.69. The predicted molar refractivity (Wildman–Crippen MR) is 60.7 cm³/mol. The van der Waals surface area contributed by atoms with Crippen molar-refractivity contribution in [1.29, 1.82) is 0 Å². The quantitative estimate of drug-likeness (QED) is 0.674. The lowest BCUT2D eigenvalue weighted by Gasteiger charge is -2.41. The Bertz CT molecular complexity index is 247. The highest BCUT2D eigenvalue weighted by Gasteiger charge is 2.39. The molecule has 15 heavy (non-hydrogen) atoms. The molecule has 0 radical (unpaired) electrons. The average Bonchev–Trinajstić information content (AvgIpc) is 2.17. The summed E-state index contributed by atoms with van der Waals surface area (Å²) in [5.74, 6) is 0. The standard InChI is InChI=1S/C13H22O2/c1-10-8-13(14,9-11(2)15-10)12-6-4-3-5-7-12/h6,10-11,14H,3-5,7-9H2,1-2H3. The first-order valence-electron chi connectivity index (χ1n) is 6.17. The van der Waals surface area contributed by atoms with Crippen LogP contribution in [-0.4, -0.2) is 22.9 Å². The molecule has 1 saturated heterocycles. The summed E-state index contributed by atoms with van der Waals surface area (Å²) in [6, 6.07) is 0. The molecule has 0 aromatic heterocycles. The fraction of sp³-hybridized carbons (Fsp3) is 0.846. The Kier molecular flexibility index (Phi) is 3.17. The first kappa shape index (κ1) is 11.2. The third-order valence-electron chi connectivity index (χ3n) is 3.60. The highest BCUT2D eigenvalue weighted by molar-refractivity contribution is 5.20. The molecule has 0 saturated carbocycles. The fourth-order valence-corrected chi connectivity index (χ4v) is 3.05. The van der Waals surface area contributed by atoms with Gasteiger partial charge in [-0.2, -0.15) is 0 Å². The zero-order chi connectivity index (χ0) is 10.9. The third kappa shape index (κ3) is 2.43. The van der Waals surface area contributed by atoms with Crippen molar-refractivity contribution in [2.45, 2.75) is 70.2 Å². The molecule has 0 aromatic carbocycles. The normalized spacial score (nSPS) is 42.5. The van der Waals surface area contributed by atoms with Gasteiger partial charge in [-0.3, -0.25) is 0 Å². The largest absolute Gasteiger partial charge is 0.385 e. The van der Waals surface area contributed by atoms with Crippen LogP contribution in [0.25, 0.3) is 0 Å². The monoisotopic (exact) mass is 210 g/mol. The van der Waals surface area contributed by atoms with E-state index in [-0.39, 0.29) is 12.2 Å². The molecule has 1 fully saturated rings. The summed E-state index contributed by atoms with van der Waals surface area (Å²) in [6.07, 6.45) is 8.89. The maximum atomic E-state index is 10.7. The van der Waals surface area contributed by atoms with Crippen molar-refractivity contribution in [3.05, 3.63) is 11.6 Å². The summed E-state index contributed by atoms with van der Waals surface area (Å²) in [4.78, 5) is 0. The van der Waals surface area contributed by atoms with E-state index in [1.165, 1.54) is 18.4 Å². The third-order valence-corrected chi connectivity index (χ3v) is 3.60. The van der Waals surface area contributed by atoms with Gasteiger partial charge in [0.15, 0.2) is 0 Å². The van der Waals surface area contributed by atoms with Gasteiger partial charge in [0.1, 0.15) is 0 Å². The molecule has 2 nitrogen and oxygen atoms in total. The minimum Gasteiger partial charge on any atom is -0.385 e. The molecule has 0 bridgehead atoms. The second kappa shape index (κ2) is 4.26. The number of aliphatic hydroxyl groups is 1. The molecule has 2 aliphatic rings. The Morgan fingerprint density at radius 2 is 1.93 bits per heavy atom. The van der Waals surface area contributed by atoms with E-state index in [4.69, 9.17) is 4.74 Å². The zero-order valence-corrected chi connectivity index (χ0v) is 9.83. The van der Waals surface area contributed by atoms with Gasteiger partial charge in [0, 0.05) is 12.8 Å². The van der Waals surface area contributed by atoms with Crippen molar-refractivity contribution in [3.8, 4) is 0 Å². The van der Waals surface area contributed by atoms with Gasteiger partial charge in [-0.1, -0.05) is 6.08 Å². The van der Waals surface area contributed by atoms with Gasteiger partial charge in [0.2, 0.25) is 0 Å². The maximum Gasteiger partial charge on any atom is 0.0905 e. The molecule has 1 heterocycles. The average molecular weight is 210 g/mol. The molecule has 0 amide bonds. The Morgan fingerprint density at radius 1 is 1.27 bits per heavy atom. The number of allylic oxidation sites excluding steroid dienone is 1. The van der Waals surface area contributed by atoms with Crippen LogP contribution in [0, 0.1) is 0 Å². The van der Waals surface area contributed by atoms with Gasteiger partial charge in [-0.15, -0.1) is 0 Å². The van der Waals surface area contributed by atoms with Crippen LogP contribution in [0.2, 0.25) is 0 Å². The summed E-state index contributed by atoms with van der Waals surface area (Å²) in [6.45, 7) is 4.12. The smallest absolute Gasteiger partial charge is 0.0905 e. The lowest BCUT2D eigenvalue weighted by Crippen LogP contribution is -2.45. The van der Waals surface area contributed by atoms with Gasteiger partial charge in [0.05, 0.1) is 17.8 Å². The first-order chi connectivity index (χ1) is 7.10. The molecule has 1 aliphatic heterocycles. The Labute approximate surface area is 92.3 Å². The van der Waals surface area contributed by atoms with Crippen molar-refractivity contribution in [2.24, 2.45) is 0 Å². The van der Waals surface area contributed by atoms with Gasteiger partial charge in [-0.25, -0.2) is 0 Å². The minimum absolute atomic E-state index is 0.182. The van der Waals surface area contributed by atoms with Crippen LogP contribution in [0.4, 0.5) is 0 Å². The highest BCUT2D eigenvalue weighted by Crippen LogP contribution is 2.38. The van der Waals surface area contributed by atoms with Crippen molar-refractivity contribution >= 4 is 0 Å². The molecular formula is C13H22O2. The van der Waals surface area contributed by atoms with Gasteiger partial charge in [0.25, 0.3) is 0 Å². The molecule has 2 heteroatoms. The van der Waals surface area contributed by atoms with E-state index in [0.717, 1.165) is 25.7 Å². The summed E-state index contributed by atoms with van der Waals surface area (Å²) in [5.41, 5.74) is 0.702. The second-order valence-corrected chi connectivity index (χ2v) is 5.17. The lowest BCUT2D eigenvalue weighted by molar-refractivity contribution is -0.116. The number of rotatable bonds is 1. The molecule has 86 valence electrons. The number of hydrogen-bond acceptors (Lipinski definition) is 2. The summed E-state index contributed by atoms with van der Waals surface area (Å²) >= 11 is 0. The Hall–Kier alpha value is -0.340. The van der Waals surface area contributed by atoms with E-state index in [1.54, 1.807) is 0 Å². The van der Waals surface area contributed by atoms with E-state index in [0.29, 0.717) is 0 Å². The molecule has 1 N–H and O–H groups in total. The molecule has 2 unspecified atom stereocenters. The van der Waals surface area contributed by atoms with E-state index in [9.17, 15) is 5.11 Å². The van der Waals surface area contributed by atoms with E-state index in [1.807, 2.05) is 0 Å². The summed E-state index contributed by atoms with van der Waals surface area (Å²) in [5, 5.41) is 10.7. The fourth-order valence-electron chi connectivity index (χ4n) is 3.05. The van der Waals surface area contributed by atoms with Crippen molar-refractivity contribution in [3.63, 3.8) is 0 Å². The topological polar surface area (TPSA) is 29.5 Å². The van der Waals surface area contributed by atoms with Crippen LogP contribution in [0.3, 0.4) is 0 Å². The molecule has 0 aromatic rings. The lowest BCUT2D eigenvalue weighted by atomic mass is 9.77. The maximum absolute atomic E-state index is 10.7. The second-order valence-electron chi connectivity index (χ2n) is 5.17. The van der Waals surface area contributed by atoms with Gasteiger partial charge in [-0.05, 0) is 45.1 Å². The summed E-state index contributed by atoms with van der Waals surface area (Å²) in [7, 11) is 0. The van der Waals surface area contributed by atoms with E-state index < -0.39 is 5.60 Å². The SMILES string of the molecule is CC1CC(O)(C2=CCCCC2)CC(C)O1. The molecule has 1 aliphatic carbocycles. The first-order valence-corrected chi connectivity index (χ1v) is 6.17. The molecule has 2 atom stereocenters. The predicted octanol–water partition coefficient (Wildman–Crippen LogP) is 2.81. The zero-order valence-electron chi connectivity index (χ0n) is 9.83. The van der Waals surface area contributed by atoms with Crippen LogP contribution in [0.15, 0.2) is 11.6 Å². The molecular weight excluding hydrogens is 188 g/mol. The van der Waals surface area contributed by atoms with Crippen LogP contribution in [0.1, 0.15) is 52.4 Å². The van der Waals surface area contributed by atoms with Crippen LogP contribution >= 0.6 is 0 Å². The van der Waals surface area contributed by atoms with Gasteiger partial charge < -0.3 is 9.84 Å². The van der Waals surface area contributed by atoms with Crippen molar-refractivity contribution in [1.82, 2.24) is 0 Å². The number of ether oxygens (including phenoxy) is 1. The van der Waals surface area contributed by atoms with Gasteiger partial charge >= 0.3 is 0 Å². The Morgan fingerprint density at radius 3 is 2.47 bits per heavy atom. The number of hydrogen-bond donors (Lipinski definition) is 1. The van der Waals surface area contributed by atoms with Crippen LogP contribution in [-0.2, 0) is 4.74 Å².